The van der Waals surface area contributed by atoms with Crippen molar-refractivity contribution in [2.24, 2.45) is 0 Å². The van der Waals surface area contributed by atoms with E-state index in [-0.39, 0.29) is 12.1 Å². The number of amides is 1. The van der Waals surface area contributed by atoms with Crippen molar-refractivity contribution in [3.63, 3.8) is 0 Å². The highest BCUT2D eigenvalue weighted by atomic mass is 16.5. The first-order valence-electron chi connectivity index (χ1n) is 7.77. The number of methoxy groups -OCH3 is 2. The molecule has 25 heavy (non-hydrogen) atoms. The molecule has 0 aliphatic heterocycles. The largest absolute Gasteiger partial charge is 0.497 e. The predicted molar refractivity (Wildman–Crippen MR) is 93.0 cm³/mol. The number of nitrogens with zero attached hydrogens (tertiary/aromatic N) is 1. The summed E-state index contributed by atoms with van der Waals surface area (Å²) < 4.78 is 10.4. The van der Waals surface area contributed by atoms with E-state index in [4.69, 9.17) is 9.47 Å². The van der Waals surface area contributed by atoms with Crippen molar-refractivity contribution in [2.45, 2.75) is 19.5 Å². The number of carbonyl (C=O) groups is 2. The van der Waals surface area contributed by atoms with Crippen LogP contribution in [0.5, 0.6) is 11.5 Å². The normalized spacial score (nSPS) is 11.5. The molecule has 2 aromatic carbocycles. The van der Waals surface area contributed by atoms with E-state index >= 15 is 0 Å². The Bertz CT molecular complexity index is 745. The van der Waals surface area contributed by atoms with Crippen molar-refractivity contribution in [3.05, 3.63) is 59.7 Å². The Kier molecular flexibility index (Phi) is 6.00. The molecule has 2 aromatic rings. The summed E-state index contributed by atoms with van der Waals surface area (Å²) in [6.07, 6.45) is 0. The monoisotopic (exact) mass is 343 g/mol. The molecule has 0 aliphatic carbocycles. The van der Waals surface area contributed by atoms with Gasteiger partial charge in [0, 0.05) is 12.6 Å². The Morgan fingerprint density at radius 1 is 1.08 bits per heavy atom. The molecule has 6 nitrogen and oxygen atoms in total. The van der Waals surface area contributed by atoms with Gasteiger partial charge in [-0.05, 0) is 24.6 Å². The van der Waals surface area contributed by atoms with Gasteiger partial charge in [0.15, 0.2) is 0 Å². The van der Waals surface area contributed by atoms with Crippen molar-refractivity contribution >= 4 is 11.9 Å². The highest BCUT2D eigenvalue weighted by Gasteiger charge is 2.28. The van der Waals surface area contributed by atoms with Crippen LogP contribution in [0.4, 0.5) is 0 Å². The molecule has 0 aliphatic rings. The Balaban J connectivity index is 2.39. The highest BCUT2D eigenvalue weighted by Crippen LogP contribution is 2.27. The lowest BCUT2D eigenvalue weighted by molar-refractivity contribution is -0.141. The smallest absolute Gasteiger partial charge is 0.326 e. The van der Waals surface area contributed by atoms with E-state index in [0.29, 0.717) is 11.5 Å². The number of ether oxygens (including phenoxy) is 2. The third-order valence-corrected chi connectivity index (χ3v) is 3.92. The third-order valence-electron chi connectivity index (χ3n) is 3.92. The molecular weight excluding hydrogens is 322 g/mol. The minimum absolute atomic E-state index is 0.183. The highest BCUT2D eigenvalue weighted by molar-refractivity contribution is 5.99. The lowest BCUT2D eigenvalue weighted by atomic mass is 10.1. The standard InChI is InChI=1S/C19H21NO5/c1-13(19(22)23)20(12-14-7-5-4-6-8-14)18(21)16-10-9-15(24-2)11-17(16)25-3/h4-11,13H,12H2,1-3H3,(H,22,23). The molecule has 1 unspecified atom stereocenters. The molecule has 1 amide bonds. The van der Waals surface area contributed by atoms with Crippen LogP contribution < -0.4 is 9.47 Å². The van der Waals surface area contributed by atoms with Crippen LogP contribution in [0.15, 0.2) is 48.5 Å². The summed E-state index contributed by atoms with van der Waals surface area (Å²) in [5, 5.41) is 9.39. The molecule has 0 saturated heterocycles. The van der Waals surface area contributed by atoms with Crippen LogP contribution >= 0.6 is 0 Å². The molecule has 0 fully saturated rings. The fourth-order valence-corrected chi connectivity index (χ4v) is 2.43. The van der Waals surface area contributed by atoms with Gasteiger partial charge in [0.05, 0.1) is 19.8 Å². The zero-order valence-electron chi connectivity index (χ0n) is 14.4. The molecular formula is C19H21NO5. The summed E-state index contributed by atoms with van der Waals surface area (Å²) in [7, 11) is 2.97. The minimum Gasteiger partial charge on any atom is -0.497 e. The van der Waals surface area contributed by atoms with E-state index < -0.39 is 17.9 Å². The maximum absolute atomic E-state index is 13.0. The number of carboxylic acids is 1. The molecule has 0 heterocycles. The van der Waals surface area contributed by atoms with Crippen LogP contribution in [0.2, 0.25) is 0 Å². The number of hydrogen-bond donors (Lipinski definition) is 1. The van der Waals surface area contributed by atoms with Gasteiger partial charge in [0.1, 0.15) is 17.5 Å². The predicted octanol–water partition coefficient (Wildman–Crippen LogP) is 2.82. The third kappa shape index (κ3) is 4.29. The Morgan fingerprint density at radius 2 is 1.76 bits per heavy atom. The number of aliphatic carboxylic acids is 1. The van der Waals surface area contributed by atoms with Gasteiger partial charge in [-0.2, -0.15) is 0 Å². The fraction of sp³-hybridized carbons (Fsp3) is 0.263. The molecule has 1 N–H and O–H groups in total. The molecule has 2 rings (SSSR count). The minimum atomic E-state index is -1.07. The first kappa shape index (κ1) is 18.3. The first-order chi connectivity index (χ1) is 12.0. The SMILES string of the molecule is COc1ccc(C(=O)N(Cc2ccccc2)C(C)C(=O)O)c(OC)c1. The second-order valence-electron chi connectivity index (χ2n) is 5.50. The Hall–Kier alpha value is -3.02. The van der Waals surface area contributed by atoms with Gasteiger partial charge in [-0.3, -0.25) is 4.79 Å². The summed E-state index contributed by atoms with van der Waals surface area (Å²) in [5.74, 6) is -0.607. The molecule has 132 valence electrons. The zero-order chi connectivity index (χ0) is 18.4. The van der Waals surface area contributed by atoms with Gasteiger partial charge in [0.2, 0.25) is 0 Å². The average molecular weight is 343 g/mol. The average Bonchev–Trinajstić information content (AvgIpc) is 2.65. The maximum atomic E-state index is 13.0. The van der Waals surface area contributed by atoms with Gasteiger partial charge in [-0.1, -0.05) is 30.3 Å². The summed E-state index contributed by atoms with van der Waals surface area (Å²) in [4.78, 5) is 25.8. The Labute approximate surface area is 146 Å². The number of carbonyl (C=O) groups excluding carboxylic acids is 1. The summed E-state index contributed by atoms with van der Waals surface area (Å²) in [6.45, 7) is 1.67. The fourth-order valence-electron chi connectivity index (χ4n) is 2.43. The zero-order valence-corrected chi connectivity index (χ0v) is 14.4. The molecule has 0 spiro atoms. The lowest BCUT2D eigenvalue weighted by Crippen LogP contribution is -2.42. The molecule has 0 aromatic heterocycles. The summed E-state index contributed by atoms with van der Waals surface area (Å²) >= 11 is 0. The molecule has 6 heteroatoms. The van der Waals surface area contributed by atoms with Crippen molar-refractivity contribution in [3.8, 4) is 11.5 Å². The molecule has 0 radical (unpaired) electrons. The van der Waals surface area contributed by atoms with Crippen LogP contribution in [0, 0.1) is 0 Å². The van der Waals surface area contributed by atoms with Crippen molar-refractivity contribution in [2.75, 3.05) is 14.2 Å². The van der Waals surface area contributed by atoms with Crippen LogP contribution in [-0.2, 0) is 11.3 Å². The van der Waals surface area contributed by atoms with Crippen molar-refractivity contribution < 1.29 is 24.2 Å². The topological polar surface area (TPSA) is 76.1 Å². The van der Waals surface area contributed by atoms with E-state index in [1.807, 2.05) is 30.3 Å². The van der Waals surface area contributed by atoms with Crippen LogP contribution in [0.3, 0.4) is 0 Å². The van der Waals surface area contributed by atoms with E-state index in [2.05, 4.69) is 0 Å². The summed E-state index contributed by atoms with van der Waals surface area (Å²) in [6, 6.07) is 13.1. The second-order valence-corrected chi connectivity index (χ2v) is 5.50. The van der Waals surface area contributed by atoms with Gasteiger partial charge in [0.25, 0.3) is 5.91 Å². The molecule has 1 atom stereocenters. The van der Waals surface area contributed by atoms with Gasteiger partial charge >= 0.3 is 5.97 Å². The number of carboxylic acid groups (broad SMARTS) is 1. The number of rotatable bonds is 7. The van der Waals surface area contributed by atoms with Crippen LogP contribution in [0.1, 0.15) is 22.8 Å². The summed E-state index contributed by atoms with van der Waals surface area (Å²) in [5.41, 5.74) is 1.13. The first-order valence-corrected chi connectivity index (χ1v) is 7.77. The van der Waals surface area contributed by atoms with Crippen LogP contribution in [-0.4, -0.2) is 42.1 Å². The van der Waals surface area contributed by atoms with E-state index in [1.54, 1.807) is 18.2 Å². The molecule has 0 bridgehead atoms. The number of hydrogen-bond acceptors (Lipinski definition) is 4. The van der Waals surface area contributed by atoms with E-state index in [0.717, 1.165) is 5.56 Å². The number of benzene rings is 2. The van der Waals surface area contributed by atoms with E-state index in [9.17, 15) is 14.7 Å². The van der Waals surface area contributed by atoms with E-state index in [1.165, 1.54) is 26.0 Å². The van der Waals surface area contributed by atoms with Gasteiger partial charge < -0.3 is 19.5 Å². The lowest BCUT2D eigenvalue weighted by Gasteiger charge is -2.27. The van der Waals surface area contributed by atoms with Gasteiger partial charge in [-0.25, -0.2) is 4.79 Å². The Morgan fingerprint density at radius 3 is 2.32 bits per heavy atom. The molecule has 0 saturated carbocycles. The van der Waals surface area contributed by atoms with Gasteiger partial charge in [-0.15, -0.1) is 0 Å². The quantitative estimate of drug-likeness (QED) is 0.836. The second kappa shape index (κ2) is 8.19. The van der Waals surface area contributed by atoms with Crippen molar-refractivity contribution in [1.82, 2.24) is 4.90 Å². The van der Waals surface area contributed by atoms with Crippen LogP contribution in [0.25, 0.3) is 0 Å². The maximum Gasteiger partial charge on any atom is 0.326 e. The van der Waals surface area contributed by atoms with Crippen molar-refractivity contribution in [1.29, 1.82) is 0 Å².